The van der Waals surface area contributed by atoms with Gasteiger partial charge >= 0.3 is 0 Å². The van der Waals surface area contributed by atoms with Gasteiger partial charge in [0.05, 0.1) is 5.56 Å². The molecule has 1 heterocycles. The van der Waals surface area contributed by atoms with Crippen molar-refractivity contribution in [2.24, 2.45) is 7.05 Å². The summed E-state index contributed by atoms with van der Waals surface area (Å²) in [6, 6.07) is 9.94. The van der Waals surface area contributed by atoms with E-state index >= 15 is 0 Å². The van der Waals surface area contributed by atoms with E-state index < -0.39 is 5.82 Å². The second-order valence-electron chi connectivity index (χ2n) is 5.13. The normalized spacial score (nSPS) is 11.0. The Balaban J connectivity index is 2.18. The van der Waals surface area contributed by atoms with Crippen LogP contribution in [-0.4, -0.2) is 10.4 Å². The van der Waals surface area contributed by atoms with Crippen LogP contribution in [-0.2, 0) is 7.05 Å². The maximum atomic E-state index is 14.0. The Bertz CT molecular complexity index is 867. The lowest BCUT2D eigenvalue weighted by Gasteiger charge is -2.03. The number of halogens is 2. The lowest BCUT2D eigenvalue weighted by Crippen LogP contribution is -2.04. The number of benzene rings is 2. The molecule has 0 aliphatic rings. The molecule has 0 bridgehead atoms. The lowest BCUT2D eigenvalue weighted by atomic mass is 10.0. The minimum Gasteiger partial charge on any atom is -0.350 e. The zero-order valence-corrected chi connectivity index (χ0v) is 12.4. The number of hydrogen-bond donors (Lipinski definition) is 0. The van der Waals surface area contributed by atoms with Crippen LogP contribution < -0.4 is 0 Å². The van der Waals surface area contributed by atoms with Crippen LogP contribution in [0.1, 0.15) is 21.5 Å². The molecule has 0 radical (unpaired) electrons. The van der Waals surface area contributed by atoms with Gasteiger partial charge in [0, 0.05) is 34.7 Å². The van der Waals surface area contributed by atoms with Crippen molar-refractivity contribution < 1.29 is 9.18 Å². The van der Waals surface area contributed by atoms with Gasteiger partial charge in [-0.2, -0.15) is 0 Å². The monoisotopic (exact) mass is 301 g/mol. The molecule has 2 aromatic carbocycles. The third-order valence-corrected chi connectivity index (χ3v) is 3.80. The van der Waals surface area contributed by atoms with Crippen molar-refractivity contribution in [3.05, 3.63) is 70.1 Å². The Morgan fingerprint density at radius 1 is 1.14 bits per heavy atom. The van der Waals surface area contributed by atoms with Gasteiger partial charge in [0.25, 0.3) is 0 Å². The summed E-state index contributed by atoms with van der Waals surface area (Å²) in [7, 11) is 1.83. The molecule has 1 aromatic heterocycles. The minimum atomic E-state index is -0.494. The van der Waals surface area contributed by atoms with E-state index in [1.54, 1.807) is 37.4 Å². The fraction of sp³-hybridized carbons (Fsp3) is 0.118. The average molecular weight is 302 g/mol. The molecule has 106 valence electrons. The zero-order chi connectivity index (χ0) is 15.1. The first-order valence-corrected chi connectivity index (χ1v) is 6.90. The Kier molecular flexibility index (Phi) is 3.30. The molecular weight excluding hydrogens is 289 g/mol. The minimum absolute atomic E-state index is 0.0862. The molecule has 0 fully saturated rings. The molecule has 4 heteroatoms. The molecule has 0 atom stereocenters. The van der Waals surface area contributed by atoms with E-state index in [0.717, 1.165) is 16.5 Å². The van der Waals surface area contributed by atoms with Crippen molar-refractivity contribution >= 4 is 28.3 Å². The summed E-state index contributed by atoms with van der Waals surface area (Å²) in [5.41, 5.74) is 2.20. The largest absolute Gasteiger partial charge is 0.350 e. The number of carbonyl (C=O) groups excluding carboxylic acids is 1. The summed E-state index contributed by atoms with van der Waals surface area (Å²) >= 11 is 5.98. The van der Waals surface area contributed by atoms with Crippen LogP contribution in [0.3, 0.4) is 0 Å². The molecule has 0 saturated heterocycles. The number of aromatic nitrogens is 1. The highest BCUT2D eigenvalue weighted by molar-refractivity contribution is 6.31. The van der Waals surface area contributed by atoms with Gasteiger partial charge < -0.3 is 4.57 Å². The van der Waals surface area contributed by atoms with Crippen LogP contribution in [0, 0.1) is 12.7 Å². The summed E-state index contributed by atoms with van der Waals surface area (Å²) in [4.78, 5) is 12.6. The van der Waals surface area contributed by atoms with Gasteiger partial charge in [0.15, 0.2) is 5.78 Å². The molecule has 0 aliphatic carbocycles. The Morgan fingerprint density at radius 2 is 1.90 bits per heavy atom. The molecule has 21 heavy (non-hydrogen) atoms. The van der Waals surface area contributed by atoms with E-state index in [0.29, 0.717) is 10.6 Å². The predicted octanol–water partition coefficient (Wildman–Crippen LogP) is 4.51. The number of hydrogen-bond acceptors (Lipinski definition) is 1. The standard InChI is InChI=1S/C17H13ClFNO/c1-10-3-5-13(15(19)7-10)17(21)14-9-20(2)16-8-11(18)4-6-12(14)16/h3-9H,1-2H3. The van der Waals surface area contributed by atoms with E-state index in [1.165, 1.54) is 12.1 Å². The van der Waals surface area contributed by atoms with Crippen molar-refractivity contribution in [2.45, 2.75) is 6.92 Å². The van der Waals surface area contributed by atoms with Gasteiger partial charge in [0.2, 0.25) is 0 Å². The van der Waals surface area contributed by atoms with Gasteiger partial charge in [-0.25, -0.2) is 4.39 Å². The third kappa shape index (κ3) is 2.34. The van der Waals surface area contributed by atoms with Gasteiger partial charge in [-0.3, -0.25) is 4.79 Å². The predicted molar refractivity (Wildman–Crippen MR) is 82.5 cm³/mol. The molecule has 0 saturated carbocycles. The summed E-state index contributed by atoms with van der Waals surface area (Å²) in [6.07, 6.45) is 1.71. The van der Waals surface area contributed by atoms with Crippen LogP contribution in [0.5, 0.6) is 0 Å². The van der Waals surface area contributed by atoms with Crippen LogP contribution in [0.2, 0.25) is 5.02 Å². The van der Waals surface area contributed by atoms with Crippen molar-refractivity contribution in [1.82, 2.24) is 4.57 Å². The SMILES string of the molecule is Cc1ccc(C(=O)c2cn(C)c3cc(Cl)ccc23)c(F)c1. The third-order valence-electron chi connectivity index (χ3n) is 3.57. The highest BCUT2D eigenvalue weighted by Gasteiger charge is 2.19. The van der Waals surface area contributed by atoms with Crippen molar-refractivity contribution in [3.63, 3.8) is 0 Å². The van der Waals surface area contributed by atoms with E-state index in [2.05, 4.69) is 0 Å². The first-order chi connectivity index (χ1) is 9.97. The van der Waals surface area contributed by atoms with Crippen LogP contribution in [0.15, 0.2) is 42.6 Å². The molecule has 0 unspecified atom stereocenters. The summed E-state index contributed by atoms with van der Waals surface area (Å²) in [5.74, 6) is -0.814. The van der Waals surface area contributed by atoms with Crippen molar-refractivity contribution in [1.29, 1.82) is 0 Å². The molecular formula is C17H13ClFNO. The van der Waals surface area contributed by atoms with Gasteiger partial charge in [-0.15, -0.1) is 0 Å². The lowest BCUT2D eigenvalue weighted by molar-refractivity contribution is 0.103. The zero-order valence-electron chi connectivity index (χ0n) is 11.7. The molecule has 2 nitrogen and oxygen atoms in total. The molecule has 3 aromatic rings. The van der Waals surface area contributed by atoms with Crippen molar-refractivity contribution in [2.75, 3.05) is 0 Å². The van der Waals surface area contributed by atoms with E-state index in [4.69, 9.17) is 11.6 Å². The summed E-state index contributed by atoms with van der Waals surface area (Å²) < 4.78 is 15.8. The molecule has 0 spiro atoms. The highest BCUT2D eigenvalue weighted by atomic mass is 35.5. The molecule has 3 rings (SSSR count). The first-order valence-electron chi connectivity index (χ1n) is 6.53. The maximum absolute atomic E-state index is 14.0. The number of fused-ring (bicyclic) bond motifs is 1. The smallest absolute Gasteiger partial charge is 0.198 e. The fourth-order valence-electron chi connectivity index (χ4n) is 2.49. The molecule has 0 aliphatic heterocycles. The Hall–Kier alpha value is -2.13. The second-order valence-corrected chi connectivity index (χ2v) is 5.56. The number of ketones is 1. The van der Waals surface area contributed by atoms with Crippen molar-refractivity contribution in [3.8, 4) is 0 Å². The number of rotatable bonds is 2. The van der Waals surface area contributed by atoms with E-state index in [9.17, 15) is 9.18 Å². The number of aryl methyl sites for hydroxylation is 2. The summed E-state index contributed by atoms with van der Waals surface area (Å²) in [6.45, 7) is 1.79. The topological polar surface area (TPSA) is 22.0 Å². The van der Waals surface area contributed by atoms with E-state index in [1.807, 2.05) is 11.6 Å². The number of nitrogens with zero attached hydrogens (tertiary/aromatic N) is 1. The Labute approximate surface area is 126 Å². The van der Waals surface area contributed by atoms with Crippen LogP contribution >= 0.6 is 11.6 Å². The summed E-state index contributed by atoms with van der Waals surface area (Å²) in [5, 5.41) is 1.37. The molecule has 0 amide bonds. The maximum Gasteiger partial charge on any atom is 0.198 e. The van der Waals surface area contributed by atoms with Gasteiger partial charge in [-0.1, -0.05) is 23.7 Å². The van der Waals surface area contributed by atoms with Crippen LogP contribution in [0.4, 0.5) is 4.39 Å². The average Bonchev–Trinajstić information content (AvgIpc) is 2.75. The van der Waals surface area contributed by atoms with Crippen LogP contribution in [0.25, 0.3) is 10.9 Å². The second kappa shape index (κ2) is 5.01. The fourth-order valence-corrected chi connectivity index (χ4v) is 2.65. The van der Waals surface area contributed by atoms with E-state index in [-0.39, 0.29) is 11.3 Å². The quantitative estimate of drug-likeness (QED) is 0.638. The Morgan fingerprint density at radius 3 is 2.62 bits per heavy atom. The van der Waals surface area contributed by atoms with Gasteiger partial charge in [0.1, 0.15) is 5.82 Å². The number of carbonyl (C=O) groups is 1. The molecule has 0 N–H and O–H groups in total. The highest BCUT2D eigenvalue weighted by Crippen LogP contribution is 2.26. The van der Waals surface area contributed by atoms with Gasteiger partial charge in [-0.05, 0) is 36.8 Å². The first kappa shape index (κ1) is 13.8.